The van der Waals surface area contributed by atoms with E-state index in [2.05, 4.69) is 10.6 Å². The number of piperazine rings is 1. The van der Waals surface area contributed by atoms with E-state index in [1.54, 1.807) is 6.92 Å². The van der Waals surface area contributed by atoms with Crippen LogP contribution in [0.5, 0.6) is 0 Å². The van der Waals surface area contributed by atoms with Crippen LogP contribution in [0.2, 0.25) is 0 Å². The normalized spacial score (nSPS) is 20.6. The van der Waals surface area contributed by atoms with Gasteiger partial charge in [-0.3, -0.25) is 19.8 Å². The first-order valence-electron chi connectivity index (χ1n) is 8.02. The number of rotatable bonds is 4. The highest BCUT2D eigenvalue weighted by Crippen LogP contribution is 2.18. The summed E-state index contributed by atoms with van der Waals surface area (Å²) < 4.78 is 0. The van der Waals surface area contributed by atoms with E-state index in [0.717, 1.165) is 12.8 Å². The van der Waals surface area contributed by atoms with E-state index in [1.165, 1.54) is 0 Å². The van der Waals surface area contributed by atoms with Crippen LogP contribution in [0, 0.1) is 5.92 Å². The lowest BCUT2D eigenvalue weighted by Crippen LogP contribution is -2.56. The minimum Gasteiger partial charge on any atom is -0.340 e. The van der Waals surface area contributed by atoms with Gasteiger partial charge in [-0.15, -0.1) is 0 Å². The van der Waals surface area contributed by atoms with E-state index in [1.807, 2.05) is 23.6 Å². The van der Waals surface area contributed by atoms with Crippen molar-refractivity contribution >= 4 is 17.8 Å². The van der Waals surface area contributed by atoms with Crippen LogP contribution in [0.25, 0.3) is 0 Å². The molecule has 1 heterocycles. The number of carbonyl (C=O) groups is 3. The van der Waals surface area contributed by atoms with Crippen LogP contribution < -0.4 is 10.6 Å². The van der Waals surface area contributed by atoms with Crippen molar-refractivity contribution in [3.05, 3.63) is 0 Å². The molecule has 1 saturated carbocycles. The molecule has 1 aliphatic heterocycles. The molecule has 2 fully saturated rings. The van der Waals surface area contributed by atoms with Crippen LogP contribution in [0.4, 0.5) is 4.79 Å². The van der Waals surface area contributed by atoms with Crippen LogP contribution in [-0.2, 0) is 9.59 Å². The summed E-state index contributed by atoms with van der Waals surface area (Å²) in [5.74, 6) is -0.138. The summed E-state index contributed by atoms with van der Waals surface area (Å²) in [6.07, 6.45) is 1.98. The Bertz CT molecular complexity index is 440. The summed E-state index contributed by atoms with van der Waals surface area (Å²) >= 11 is 0. The predicted molar refractivity (Wildman–Crippen MR) is 82.1 cm³/mol. The van der Waals surface area contributed by atoms with Crippen LogP contribution in [-0.4, -0.2) is 65.9 Å². The molecule has 0 aromatic heterocycles. The van der Waals surface area contributed by atoms with Gasteiger partial charge in [0.25, 0.3) is 0 Å². The Morgan fingerprint density at radius 2 is 1.59 bits per heavy atom. The first-order chi connectivity index (χ1) is 10.4. The van der Waals surface area contributed by atoms with Crippen molar-refractivity contribution < 1.29 is 14.4 Å². The van der Waals surface area contributed by atoms with E-state index in [4.69, 9.17) is 0 Å². The molecule has 0 aromatic carbocycles. The van der Waals surface area contributed by atoms with Gasteiger partial charge in [0.1, 0.15) is 0 Å². The lowest BCUT2D eigenvalue weighted by atomic mass is 10.1. The molecule has 2 aliphatic rings. The van der Waals surface area contributed by atoms with Gasteiger partial charge in [0.15, 0.2) is 0 Å². The number of hydrogen-bond acceptors (Lipinski definition) is 4. The predicted octanol–water partition coefficient (Wildman–Crippen LogP) is 0.163. The van der Waals surface area contributed by atoms with Gasteiger partial charge in [0.05, 0.1) is 6.04 Å². The molecular weight excluding hydrogens is 284 g/mol. The van der Waals surface area contributed by atoms with Gasteiger partial charge in [-0.05, 0) is 19.8 Å². The van der Waals surface area contributed by atoms with Gasteiger partial charge in [-0.25, -0.2) is 4.79 Å². The molecule has 1 unspecified atom stereocenters. The van der Waals surface area contributed by atoms with Crippen molar-refractivity contribution in [3.8, 4) is 0 Å². The van der Waals surface area contributed by atoms with Gasteiger partial charge in [-0.1, -0.05) is 13.8 Å². The summed E-state index contributed by atoms with van der Waals surface area (Å²) in [7, 11) is 0. The van der Waals surface area contributed by atoms with Crippen molar-refractivity contribution in [2.45, 2.75) is 45.7 Å². The number of nitrogens with zero attached hydrogens (tertiary/aromatic N) is 2. The summed E-state index contributed by atoms with van der Waals surface area (Å²) in [5, 5.41) is 5.12. The number of urea groups is 1. The summed E-state index contributed by atoms with van der Waals surface area (Å²) in [4.78, 5) is 39.5. The Kier molecular flexibility index (Phi) is 5.39. The second-order valence-corrected chi connectivity index (χ2v) is 6.43. The van der Waals surface area contributed by atoms with Crippen molar-refractivity contribution in [2.75, 3.05) is 26.2 Å². The first-order valence-corrected chi connectivity index (χ1v) is 8.02. The molecule has 0 radical (unpaired) electrons. The molecule has 1 aliphatic carbocycles. The molecule has 2 rings (SSSR count). The summed E-state index contributed by atoms with van der Waals surface area (Å²) in [6.45, 7) is 8.13. The van der Waals surface area contributed by atoms with Crippen molar-refractivity contribution in [3.63, 3.8) is 0 Å². The highest BCUT2D eigenvalue weighted by atomic mass is 16.2. The van der Waals surface area contributed by atoms with Gasteiger partial charge >= 0.3 is 6.03 Å². The number of nitrogens with one attached hydrogen (secondary N) is 2. The lowest BCUT2D eigenvalue weighted by molar-refractivity contribution is -0.137. The summed E-state index contributed by atoms with van der Waals surface area (Å²) in [6, 6.07) is -0.553. The quantitative estimate of drug-likeness (QED) is 0.775. The molecule has 22 heavy (non-hydrogen) atoms. The molecule has 2 N–H and O–H groups in total. The average molecular weight is 310 g/mol. The zero-order valence-corrected chi connectivity index (χ0v) is 13.6. The van der Waals surface area contributed by atoms with E-state index in [0.29, 0.717) is 26.2 Å². The van der Waals surface area contributed by atoms with Gasteiger partial charge < -0.3 is 10.2 Å². The van der Waals surface area contributed by atoms with E-state index < -0.39 is 6.03 Å². The monoisotopic (exact) mass is 310 g/mol. The van der Waals surface area contributed by atoms with Crippen LogP contribution in [0.1, 0.15) is 33.6 Å². The maximum absolute atomic E-state index is 12.1. The smallest absolute Gasteiger partial charge is 0.321 e. The topological polar surface area (TPSA) is 81.8 Å². The van der Waals surface area contributed by atoms with Crippen molar-refractivity contribution in [2.24, 2.45) is 5.92 Å². The molecular formula is C15H26N4O3. The van der Waals surface area contributed by atoms with E-state index in [-0.39, 0.29) is 29.8 Å². The Balaban J connectivity index is 1.76. The maximum Gasteiger partial charge on any atom is 0.321 e. The third-order valence-electron chi connectivity index (χ3n) is 4.20. The molecule has 1 saturated heterocycles. The first kappa shape index (κ1) is 16.7. The number of amides is 4. The number of carbonyl (C=O) groups excluding carboxylic acids is 3. The van der Waals surface area contributed by atoms with Crippen LogP contribution in [0.3, 0.4) is 0 Å². The Labute approximate surface area is 131 Å². The van der Waals surface area contributed by atoms with Gasteiger partial charge in [-0.2, -0.15) is 0 Å². The second kappa shape index (κ2) is 7.09. The maximum atomic E-state index is 12.1. The van der Waals surface area contributed by atoms with Crippen LogP contribution >= 0.6 is 0 Å². The Morgan fingerprint density at radius 1 is 1.00 bits per heavy atom. The van der Waals surface area contributed by atoms with Crippen molar-refractivity contribution in [1.82, 2.24) is 20.4 Å². The molecule has 4 amide bonds. The fraction of sp³-hybridized carbons (Fsp3) is 0.800. The SMILES string of the molecule is CC(C)C(=O)N1CCN(C(C)C(=O)NC(=O)NC2CC2)CC1. The van der Waals surface area contributed by atoms with Gasteiger partial charge in [0, 0.05) is 38.1 Å². The Hall–Kier alpha value is -1.63. The van der Waals surface area contributed by atoms with E-state index in [9.17, 15) is 14.4 Å². The van der Waals surface area contributed by atoms with Crippen molar-refractivity contribution in [1.29, 1.82) is 0 Å². The molecule has 0 aromatic rings. The molecule has 1 atom stereocenters. The van der Waals surface area contributed by atoms with Crippen LogP contribution in [0.15, 0.2) is 0 Å². The minimum absolute atomic E-state index is 0.00149. The zero-order valence-electron chi connectivity index (χ0n) is 13.6. The van der Waals surface area contributed by atoms with E-state index >= 15 is 0 Å². The largest absolute Gasteiger partial charge is 0.340 e. The van der Waals surface area contributed by atoms with Gasteiger partial charge in [0.2, 0.25) is 11.8 Å². The molecule has 0 bridgehead atoms. The second-order valence-electron chi connectivity index (χ2n) is 6.43. The lowest BCUT2D eigenvalue weighted by Gasteiger charge is -2.38. The highest BCUT2D eigenvalue weighted by molar-refractivity contribution is 5.97. The molecule has 7 heteroatoms. The number of hydrogen-bond donors (Lipinski definition) is 2. The minimum atomic E-state index is -0.409. The third-order valence-corrected chi connectivity index (χ3v) is 4.20. The highest BCUT2D eigenvalue weighted by Gasteiger charge is 2.30. The number of imide groups is 1. The fourth-order valence-corrected chi connectivity index (χ4v) is 2.53. The molecule has 0 spiro atoms. The molecule has 124 valence electrons. The average Bonchev–Trinajstić information content (AvgIpc) is 3.29. The zero-order chi connectivity index (χ0) is 16.3. The fourth-order valence-electron chi connectivity index (χ4n) is 2.53. The Morgan fingerprint density at radius 3 is 2.09 bits per heavy atom. The standard InChI is InChI=1S/C15H26N4O3/c1-10(2)14(21)19-8-6-18(7-9-19)11(3)13(20)17-15(22)16-12-4-5-12/h10-12H,4-9H2,1-3H3,(H2,16,17,20,22). The molecule has 7 nitrogen and oxygen atoms in total. The third kappa shape index (κ3) is 4.43. The summed E-state index contributed by atoms with van der Waals surface area (Å²) in [5.41, 5.74) is 0.